The predicted octanol–water partition coefficient (Wildman–Crippen LogP) is -0.425. The summed E-state index contributed by atoms with van der Waals surface area (Å²) in [5.74, 6) is -0.140. The molecule has 1 aliphatic heterocycles. The Hall–Kier alpha value is -3.36. The number of nitrogens with two attached hydrogens (primary N) is 3. The van der Waals surface area contributed by atoms with Gasteiger partial charge in [0.1, 0.15) is 9.79 Å². The van der Waals surface area contributed by atoms with E-state index in [1.165, 1.54) is 23.5 Å². The molecule has 1 atom stereocenters. The van der Waals surface area contributed by atoms with Crippen LogP contribution in [0.1, 0.15) is 11.3 Å². The lowest BCUT2D eigenvalue weighted by molar-refractivity contribution is 0.555. The Morgan fingerprint density at radius 1 is 1.12 bits per heavy atom. The van der Waals surface area contributed by atoms with Gasteiger partial charge in [0.2, 0.25) is 25.9 Å². The molecule has 3 heterocycles. The number of aromatic nitrogens is 5. The zero-order chi connectivity index (χ0) is 29.2. The summed E-state index contributed by atoms with van der Waals surface area (Å²) in [4.78, 5) is 4.25. The highest BCUT2D eigenvalue weighted by Gasteiger charge is 2.33. The second-order valence-electron chi connectivity index (χ2n) is 9.28. The third-order valence-corrected chi connectivity index (χ3v) is 9.98. The topological polar surface area (TPSA) is 250 Å². The van der Waals surface area contributed by atoms with Crippen molar-refractivity contribution < 1.29 is 16.8 Å². The summed E-state index contributed by atoms with van der Waals surface area (Å²) in [6.45, 7) is 2.64. The molecule has 4 aromatic rings. The van der Waals surface area contributed by atoms with Crippen molar-refractivity contribution in [1.82, 2.24) is 41.0 Å². The summed E-state index contributed by atoms with van der Waals surface area (Å²) in [6, 6.07) is 9.47. The van der Waals surface area contributed by atoms with Gasteiger partial charge in [0, 0.05) is 42.7 Å². The van der Waals surface area contributed by atoms with Gasteiger partial charge >= 0.3 is 0 Å². The van der Waals surface area contributed by atoms with Gasteiger partial charge in [-0.15, -0.1) is 21.5 Å². The van der Waals surface area contributed by atoms with E-state index in [0.29, 0.717) is 66.7 Å². The van der Waals surface area contributed by atoms with Gasteiger partial charge in [-0.1, -0.05) is 24.3 Å². The predicted molar refractivity (Wildman–Crippen MR) is 154 cm³/mol. The van der Waals surface area contributed by atoms with E-state index in [-0.39, 0.29) is 11.4 Å². The van der Waals surface area contributed by atoms with Crippen LogP contribution >= 0.6 is 11.3 Å². The van der Waals surface area contributed by atoms with Gasteiger partial charge in [-0.25, -0.2) is 31.7 Å². The van der Waals surface area contributed by atoms with E-state index in [2.05, 4.69) is 41.0 Å². The normalized spacial score (nSPS) is 15.9. The maximum atomic E-state index is 13.5. The minimum absolute atomic E-state index is 0.103. The molecule has 218 valence electrons. The minimum atomic E-state index is -4.62. The molecule has 2 aromatic heterocycles. The van der Waals surface area contributed by atoms with Crippen LogP contribution in [0, 0.1) is 0 Å². The van der Waals surface area contributed by atoms with Crippen molar-refractivity contribution in [3.05, 3.63) is 41.3 Å². The summed E-state index contributed by atoms with van der Waals surface area (Å²) >= 11 is 1.34. The van der Waals surface area contributed by atoms with Crippen molar-refractivity contribution in [3.63, 3.8) is 0 Å². The Labute approximate surface area is 240 Å². The Morgan fingerprint density at radius 3 is 2.61 bits per heavy atom. The van der Waals surface area contributed by atoms with Crippen molar-refractivity contribution in [3.8, 4) is 33.8 Å². The number of tetrazole rings is 1. The number of primary sulfonamides is 1. The van der Waals surface area contributed by atoms with Gasteiger partial charge in [0.15, 0.2) is 5.13 Å². The molecule has 0 radical (unpaired) electrons. The van der Waals surface area contributed by atoms with E-state index in [4.69, 9.17) is 16.6 Å². The van der Waals surface area contributed by atoms with Crippen molar-refractivity contribution in [1.29, 1.82) is 0 Å². The number of anilines is 1. The number of nitrogens with zero attached hydrogens (tertiary/aromatic N) is 4. The third-order valence-electron chi connectivity index (χ3n) is 6.41. The Bertz CT molecular complexity index is 1750. The largest absolute Gasteiger partial charge is 0.375 e. The minimum Gasteiger partial charge on any atom is -0.375 e. The Kier molecular flexibility index (Phi) is 8.43. The van der Waals surface area contributed by atoms with E-state index in [1.54, 1.807) is 18.2 Å². The van der Waals surface area contributed by atoms with Crippen molar-refractivity contribution in [2.24, 2.45) is 10.9 Å². The average molecular weight is 620 g/mol. The number of hydrogen-bond acceptors (Lipinski definition) is 13. The van der Waals surface area contributed by atoms with Crippen LogP contribution in [-0.4, -0.2) is 74.7 Å². The summed E-state index contributed by atoms with van der Waals surface area (Å²) in [5, 5.41) is 26.2. The van der Waals surface area contributed by atoms with E-state index < -0.39 is 35.9 Å². The number of benzene rings is 2. The third kappa shape index (κ3) is 6.28. The zero-order valence-electron chi connectivity index (χ0n) is 21.7. The highest BCUT2D eigenvalue weighted by Crippen LogP contribution is 2.40. The summed E-state index contributed by atoms with van der Waals surface area (Å²) in [6.07, 6.45) is 0.553. The molecule has 5 rings (SSSR count). The molecular weight excluding hydrogens is 591 g/mol. The molecule has 15 nitrogen and oxygen atoms in total. The SMILES string of the molecule is NCCNCc1sc(N)nc1-c1cccc(-c2ccc(S(=O)(=O)NC3CCNC3)c(S(N)(=O)=O)c2-c2nn[nH]n2)c1. The lowest BCUT2D eigenvalue weighted by Gasteiger charge is -2.18. The molecular formula is C23H29N11O4S3. The molecule has 18 heteroatoms. The quantitative estimate of drug-likeness (QED) is 0.106. The first-order valence-electron chi connectivity index (χ1n) is 12.5. The molecule has 10 N–H and O–H groups in total. The maximum absolute atomic E-state index is 13.5. The van der Waals surface area contributed by atoms with E-state index in [9.17, 15) is 16.8 Å². The van der Waals surface area contributed by atoms with Crippen molar-refractivity contribution in [2.75, 3.05) is 31.9 Å². The molecule has 1 aliphatic rings. The zero-order valence-corrected chi connectivity index (χ0v) is 24.1. The second kappa shape index (κ2) is 11.9. The van der Waals surface area contributed by atoms with Gasteiger partial charge < -0.3 is 22.1 Å². The van der Waals surface area contributed by atoms with E-state index in [0.717, 1.165) is 4.88 Å². The molecule has 0 aliphatic carbocycles. The average Bonchev–Trinajstić information content (AvgIpc) is 3.70. The first kappa shape index (κ1) is 29.1. The van der Waals surface area contributed by atoms with Crippen LogP contribution in [0.4, 0.5) is 5.13 Å². The molecule has 0 bridgehead atoms. The number of aromatic amines is 1. The van der Waals surface area contributed by atoms with Gasteiger partial charge in [-0.3, -0.25) is 0 Å². The number of hydrogen-bond donors (Lipinski definition) is 7. The monoisotopic (exact) mass is 619 g/mol. The summed E-state index contributed by atoms with van der Waals surface area (Å²) < 4.78 is 55.6. The molecule has 1 saturated heterocycles. The molecule has 1 unspecified atom stereocenters. The fourth-order valence-corrected chi connectivity index (χ4v) is 8.38. The van der Waals surface area contributed by atoms with E-state index >= 15 is 0 Å². The van der Waals surface area contributed by atoms with Crippen LogP contribution in [-0.2, 0) is 26.6 Å². The number of nitrogen functional groups attached to an aromatic ring is 1. The van der Waals surface area contributed by atoms with Crippen LogP contribution in [0.3, 0.4) is 0 Å². The number of rotatable bonds is 11. The highest BCUT2D eigenvalue weighted by molar-refractivity contribution is 7.92. The molecule has 41 heavy (non-hydrogen) atoms. The Balaban J connectivity index is 1.68. The number of nitrogens with one attached hydrogen (secondary N) is 4. The smallest absolute Gasteiger partial charge is 0.242 e. The molecule has 0 saturated carbocycles. The van der Waals surface area contributed by atoms with Gasteiger partial charge in [-0.2, -0.15) is 5.21 Å². The first-order valence-corrected chi connectivity index (χ1v) is 16.4. The number of H-pyrrole nitrogens is 1. The fourth-order valence-electron chi connectivity index (χ4n) is 4.68. The lowest BCUT2D eigenvalue weighted by atomic mass is 9.96. The van der Waals surface area contributed by atoms with Crippen LogP contribution in [0.25, 0.3) is 33.8 Å². The second-order valence-corrected chi connectivity index (χ2v) is 13.6. The number of thiazole rings is 1. The fraction of sp³-hybridized carbons (Fsp3) is 0.304. The molecule has 1 fully saturated rings. The Morgan fingerprint density at radius 2 is 1.93 bits per heavy atom. The molecule has 0 amide bonds. The maximum Gasteiger partial charge on any atom is 0.242 e. The van der Waals surface area contributed by atoms with Gasteiger partial charge in [-0.05, 0) is 41.4 Å². The van der Waals surface area contributed by atoms with Gasteiger partial charge in [0.25, 0.3) is 0 Å². The number of sulfonamides is 2. The standard InChI is InChI=1S/C23H29N11O4S3/c24-7-9-28-12-17-20(29-23(25)39-17)14-3-1-2-13(10-14)16-4-5-18(41(37,38)32-15-6-8-27-11-15)21(40(26,35)36)19(16)22-30-33-34-31-22/h1-5,10,15,27-28,32H,6-9,11-12,24H2,(H2,25,29)(H2,26,35,36)(H,30,31,33,34). The van der Waals surface area contributed by atoms with Crippen LogP contribution in [0.2, 0.25) is 0 Å². The lowest BCUT2D eigenvalue weighted by Crippen LogP contribution is -2.37. The van der Waals surface area contributed by atoms with Crippen LogP contribution < -0.4 is 32.0 Å². The van der Waals surface area contributed by atoms with Crippen LogP contribution in [0.15, 0.2) is 46.2 Å². The van der Waals surface area contributed by atoms with Gasteiger partial charge in [0.05, 0.1) is 11.3 Å². The van der Waals surface area contributed by atoms with Crippen LogP contribution in [0.5, 0.6) is 0 Å². The molecule has 2 aromatic carbocycles. The highest BCUT2D eigenvalue weighted by atomic mass is 32.2. The molecule has 0 spiro atoms. The summed E-state index contributed by atoms with van der Waals surface area (Å²) in [5.41, 5.74) is 13.7. The van der Waals surface area contributed by atoms with Crippen molar-refractivity contribution in [2.45, 2.75) is 28.8 Å². The van der Waals surface area contributed by atoms with Crippen molar-refractivity contribution >= 4 is 36.5 Å². The first-order chi connectivity index (χ1) is 19.6. The van der Waals surface area contributed by atoms with E-state index in [1.807, 2.05) is 6.07 Å². The summed E-state index contributed by atoms with van der Waals surface area (Å²) in [7, 11) is -8.93.